The molecule has 0 aromatic heterocycles. The molecule has 2 atom stereocenters. The maximum Gasteiger partial charge on any atom is 0.0594 e. The van der Waals surface area contributed by atoms with E-state index in [0.717, 1.165) is 50.7 Å². The largest absolute Gasteiger partial charge is 0.379 e. The lowest BCUT2D eigenvalue weighted by atomic mass is 10.1. The molecular formula is C16H23ClN2O. The van der Waals surface area contributed by atoms with Crippen molar-refractivity contribution in [1.82, 2.24) is 10.2 Å². The second kappa shape index (κ2) is 6.44. The second-order valence-corrected chi connectivity index (χ2v) is 6.44. The van der Waals surface area contributed by atoms with Crippen molar-refractivity contribution in [2.75, 3.05) is 32.8 Å². The van der Waals surface area contributed by atoms with Gasteiger partial charge in [0, 0.05) is 36.7 Å². The Balaban J connectivity index is 1.49. The van der Waals surface area contributed by atoms with Crippen LogP contribution in [-0.2, 0) is 17.6 Å². The van der Waals surface area contributed by atoms with Crippen LogP contribution >= 0.6 is 11.6 Å². The lowest BCUT2D eigenvalue weighted by Gasteiger charge is -2.30. The molecule has 1 aliphatic carbocycles. The highest BCUT2D eigenvalue weighted by molar-refractivity contribution is 6.30. The third-order valence-electron chi connectivity index (χ3n) is 4.26. The minimum Gasteiger partial charge on any atom is -0.379 e. The minimum atomic E-state index is 0.517. The maximum atomic E-state index is 6.07. The average molecular weight is 295 g/mol. The van der Waals surface area contributed by atoms with E-state index in [0.29, 0.717) is 12.1 Å². The van der Waals surface area contributed by atoms with Crippen LogP contribution < -0.4 is 5.32 Å². The molecule has 1 aliphatic heterocycles. The van der Waals surface area contributed by atoms with Gasteiger partial charge < -0.3 is 10.1 Å². The number of hydrogen-bond acceptors (Lipinski definition) is 3. The van der Waals surface area contributed by atoms with E-state index in [9.17, 15) is 0 Å². The molecule has 2 aliphatic rings. The van der Waals surface area contributed by atoms with Gasteiger partial charge in [-0.3, -0.25) is 4.90 Å². The Hall–Kier alpha value is -0.610. The van der Waals surface area contributed by atoms with Crippen LogP contribution in [0.2, 0.25) is 5.02 Å². The van der Waals surface area contributed by atoms with Gasteiger partial charge in [-0.2, -0.15) is 0 Å². The van der Waals surface area contributed by atoms with Crippen LogP contribution in [0.3, 0.4) is 0 Å². The second-order valence-electron chi connectivity index (χ2n) is 6.00. The summed E-state index contributed by atoms with van der Waals surface area (Å²) in [5.41, 5.74) is 2.86. The summed E-state index contributed by atoms with van der Waals surface area (Å²) in [6.45, 7) is 7.27. The first-order valence-electron chi connectivity index (χ1n) is 7.54. The number of nitrogens with zero attached hydrogens (tertiary/aromatic N) is 1. The molecule has 0 radical (unpaired) electrons. The Morgan fingerprint density at radius 2 is 2.05 bits per heavy atom. The van der Waals surface area contributed by atoms with Crippen molar-refractivity contribution in [1.29, 1.82) is 0 Å². The SMILES string of the molecule is CC(CN1CCOCC1)NC1Cc2ccc(Cl)cc2C1. The van der Waals surface area contributed by atoms with E-state index in [1.807, 2.05) is 6.07 Å². The molecule has 1 saturated heterocycles. The summed E-state index contributed by atoms with van der Waals surface area (Å²) >= 11 is 6.07. The first-order valence-corrected chi connectivity index (χ1v) is 7.92. The summed E-state index contributed by atoms with van der Waals surface area (Å²) in [6.07, 6.45) is 2.23. The molecule has 0 spiro atoms. The van der Waals surface area contributed by atoms with Crippen LogP contribution in [0.5, 0.6) is 0 Å². The highest BCUT2D eigenvalue weighted by Crippen LogP contribution is 2.25. The maximum absolute atomic E-state index is 6.07. The van der Waals surface area contributed by atoms with Gasteiger partial charge in [0.1, 0.15) is 0 Å². The molecule has 1 N–H and O–H groups in total. The third-order valence-corrected chi connectivity index (χ3v) is 4.49. The van der Waals surface area contributed by atoms with Gasteiger partial charge in [-0.05, 0) is 43.0 Å². The van der Waals surface area contributed by atoms with Crippen molar-refractivity contribution >= 4 is 11.6 Å². The van der Waals surface area contributed by atoms with Crippen LogP contribution in [0.25, 0.3) is 0 Å². The topological polar surface area (TPSA) is 24.5 Å². The van der Waals surface area contributed by atoms with Gasteiger partial charge in [0.15, 0.2) is 0 Å². The quantitative estimate of drug-likeness (QED) is 0.921. The number of halogens is 1. The Bertz CT molecular complexity index is 460. The molecule has 3 nitrogen and oxygen atoms in total. The van der Waals surface area contributed by atoms with Gasteiger partial charge in [-0.15, -0.1) is 0 Å². The molecule has 1 fully saturated rings. The Labute approximate surface area is 126 Å². The average Bonchev–Trinajstić information content (AvgIpc) is 2.80. The van der Waals surface area contributed by atoms with Gasteiger partial charge in [-0.25, -0.2) is 0 Å². The van der Waals surface area contributed by atoms with Crippen molar-refractivity contribution in [3.05, 3.63) is 34.3 Å². The summed E-state index contributed by atoms with van der Waals surface area (Å²) < 4.78 is 5.39. The Morgan fingerprint density at radius 3 is 2.85 bits per heavy atom. The summed E-state index contributed by atoms with van der Waals surface area (Å²) in [5, 5.41) is 4.62. The number of nitrogens with one attached hydrogen (secondary N) is 1. The number of ether oxygens (including phenoxy) is 1. The van der Waals surface area contributed by atoms with E-state index in [-0.39, 0.29) is 0 Å². The number of rotatable bonds is 4. The molecule has 1 aromatic carbocycles. The zero-order valence-electron chi connectivity index (χ0n) is 12.1. The summed E-state index contributed by atoms with van der Waals surface area (Å²) in [7, 11) is 0. The fourth-order valence-corrected chi connectivity index (χ4v) is 3.53. The van der Waals surface area contributed by atoms with Crippen molar-refractivity contribution in [3.63, 3.8) is 0 Å². The van der Waals surface area contributed by atoms with E-state index < -0.39 is 0 Å². The fourth-order valence-electron chi connectivity index (χ4n) is 3.33. The third kappa shape index (κ3) is 3.53. The highest BCUT2D eigenvalue weighted by atomic mass is 35.5. The number of benzene rings is 1. The lowest BCUT2D eigenvalue weighted by Crippen LogP contribution is -2.47. The fraction of sp³-hybridized carbons (Fsp3) is 0.625. The molecule has 0 bridgehead atoms. The molecular weight excluding hydrogens is 272 g/mol. The van der Waals surface area contributed by atoms with Crippen molar-refractivity contribution in [2.45, 2.75) is 31.8 Å². The smallest absolute Gasteiger partial charge is 0.0594 e. The van der Waals surface area contributed by atoms with Crippen molar-refractivity contribution < 1.29 is 4.74 Å². The van der Waals surface area contributed by atoms with Crippen LogP contribution in [0.4, 0.5) is 0 Å². The number of fused-ring (bicyclic) bond motifs is 1. The van der Waals surface area contributed by atoms with Crippen molar-refractivity contribution in [2.24, 2.45) is 0 Å². The molecule has 1 heterocycles. The zero-order valence-corrected chi connectivity index (χ0v) is 12.8. The monoisotopic (exact) mass is 294 g/mol. The van der Waals surface area contributed by atoms with E-state index in [4.69, 9.17) is 16.3 Å². The van der Waals surface area contributed by atoms with E-state index in [1.54, 1.807) is 0 Å². The summed E-state index contributed by atoms with van der Waals surface area (Å²) in [5.74, 6) is 0. The van der Waals surface area contributed by atoms with Gasteiger partial charge in [0.25, 0.3) is 0 Å². The summed E-state index contributed by atoms with van der Waals surface area (Å²) in [4.78, 5) is 2.49. The first-order chi connectivity index (χ1) is 9.70. The molecule has 20 heavy (non-hydrogen) atoms. The molecule has 1 aromatic rings. The molecule has 4 heteroatoms. The normalized spacial score (nSPS) is 24.6. The van der Waals surface area contributed by atoms with Crippen LogP contribution in [0.1, 0.15) is 18.1 Å². The van der Waals surface area contributed by atoms with Gasteiger partial charge >= 0.3 is 0 Å². The number of morpholine rings is 1. The van der Waals surface area contributed by atoms with Crippen LogP contribution in [-0.4, -0.2) is 49.8 Å². The Morgan fingerprint density at radius 1 is 1.30 bits per heavy atom. The first kappa shape index (κ1) is 14.3. The van der Waals surface area contributed by atoms with E-state index in [1.165, 1.54) is 11.1 Å². The van der Waals surface area contributed by atoms with Crippen LogP contribution in [0.15, 0.2) is 18.2 Å². The van der Waals surface area contributed by atoms with Crippen LogP contribution in [0, 0.1) is 0 Å². The van der Waals surface area contributed by atoms with Crippen molar-refractivity contribution in [3.8, 4) is 0 Å². The Kier molecular flexibility index (Phi) is 4.61. The molecule has 0 amide bonds. The molecule has 2 unspecified atom stereocenters. The highest BCUT2D eigenvalue weighted by Gasteiger charge is 2.23. The number of hydrogen-bond donors (Lipinski definition) is 1. The molecule has 3 rings (SSSR count). The van der Waals surface area contributed by atoms with E-state index in [2.05, 4.69) is 29.3 Å². The molecule has 0 saturated carbocycles. The predicted molar refractivity (Wildman–Crippen MR) is 82.5 cm³/mol. The zero-order chi connectivity index (χ0) is 13.9. The minimum absolute atomic E-state index is 0.517. The lowest BCUT2D eigenvalue weighted by molar-refractivity contribution is 0.0339. The predicted octanol–water partition coefficient (Wildman–Crippen LogP) is 2.12. The standard InChI is InChI=1S/C16H23ClN2O/c1-12(11-19-4-6-20-7-5-19)18-16-9-13-2-3-15(17)8-14(13)10-16/h2-3,8,12,16,18H,4-7,9-11H2,1H3. The molecule has 110 valence electrons. The summed E-state index contributed by atoms with van der Waals surface area (Å²) in [6, 6.07) is 7.36. The van der Waals surface area contributed by atoms with Gasteiger partial charge in [0.2, 0.25) is 0 Å². The van der Waals surface area contributed by atoms with Gasteiger partial charge in [-0.1, -0.05) is 17.7 Å². The van der Waals surface area contributed by atoms with E-state index >= 15 is 0 Å². The van der Waals surface area contributed by atoms with Gasteiger partial charge in [0.05, 0.1) is 13.2 Å².